The summed E-state index contributed by atoms with van der Waals surface area (Å²) in [4.78, 5) is 10.1. The van der Waals surface area contributed by atoms with Crippen molar-refractivity contribution in [3.05, 3.63) is 24.3 Å². The van der Waals surface area contributed by atoms with Gasteiger partial charge in [0.25, 0.3) is 0 Å². The van der Waals surface area contributed by atoms with Crippen molar-refractivity contribution >= 4 is 7.37 Å². The van der Waals surface area contributed by atoms with Crippen LogP contribution in [0.3, 0.4) is 0 Å². The largest absolute Gasteiger partial charge is 0.497 e. The molecule has 9 heteroatoms. The maximum atomic E-state index is 12.3. The minimum Gasteiger partial charge on any atom is -0.497 e. The monoisotopic (exact) mass is 432 g/mol. The number of benzene rings is 1. The molecule has 0 saturated carbocycles. The van der Waals surface area contributed by atoms with Crippen LogP contribution in [0, 0.1) is 0 Å². The average Bonchev–Trinajstić information content (AvgIpc) is 2.70. The van der Waals surface area contributed by atoms with Crippen LogP contribution in [0.2, 0.25) is 0 Å². The minimum absolute atomic E-state index is 0.00953. The second kappa shape index (κ2) is 10.2. The zero-order valence-corrected chi connectivity index (χ0v) is 18.4. The van der Waals surface area contributed by atoms with E-state index in [0.717, 1.165) is 0 Å². The highest BCUT2D eigenvalue weighted by molar-refractivity contribution is 7.57. The van der Waals surface area contributed by atoms with E-state index in [1.807, 2.05) is 6.92 Å². The fourth-order valence-corrected chi connectivity index (χ4v) is 5.30. The van der Waals surface area contributed by atoms with Crippen LogP contribution >= 0.6 is 7.37 Å². The zero-order valence-electron chi connectivity index (χ0n) is 17.5. The second-order valence-electron chi connectivity index (χ2n) is 7.36. The SMILES string of the molecule is CCCP(=O)(O)CC[C@H]1OC(Oc2ccc(OC)cc2)[C@@H](O)[C@@H](OC)[C@@]1(O)CC. The number of aliphatic hydroxyl groups excluding tert-OH is 1. The third-order valence-corrected chi connectivity index (χ3v) is 7.49. The van der Waals surface area contributed by atoms with Gasteiger partial charge in [0.15, 0.2) is 0 Å². The molecule has 6 atom stereocenters. The van der Waals surface area contributed by atoms with Crippen LogP contribution in [0.5, 0.6) is 11.5 Å². The summed E-state index contributed by atoms with van der Waals surface area (Å²) < 4.78 is 34.5. The molecular weight excluding hydrogens is 399 g/mol. The lowest BCUT2D eigenvalue weighted by Crippen LogP contribution is -2.67. The Morgan fingerprint density at radius 3 is 2.28 bits per heavy atom. The number of hydrogen-bond donors (Lipinski definition) is 3. The smallest absolute Gasteiger partial charge is 0.229 e. The topological polar surface area (TPSA) is 115 Å². The molecule has 2 unspecified atom stereocenters. The van der Waals surface area contributed by atoms with E-state index in [1.54, 1.807) is 38.3 Å². The van der Waals surface area contributed by atoms with Gasteiger partial charge in [-0.1, -0.05) is 13.8 Å². The van der Waals surface area contributed by atoms with Crippen molar-refractivity contribution < 1.29 is 38.6 Å². The maximum absolute atomic E-state index is 12.3. The van der Waals surface area contributed by atoms with Gasteiger partial charge in [0, 0.05) is 19.4 Å². The lowest BCUT2D eigenvalue weighted by atomic mass is 9.80. The van der Waals surface area contributed by atoms with Crippen molar-refractivity contribution in [2.45, 2.75) is 63.3 Å². The molecule has 1 saturated heterocycles. The molecule has 0 radical (unpaired) electrons. The summed E-state index contributed by atoms with van der Waals surface area (Å²) >= 11 is 0. The Morgan fingerprint density at radius 2 is 1.76 bits per heavy atom. The standard InChI is InChI=1S/C20H33O8P/c1-5-12-29(23,24)13-11-16-20(22,6-2)18(26-4)17(21)19(28-16)27-15-9-7-14(25-3)8-10-15/h7-10,16-19,21-22H,5-6,11-13H2,1-4H3,(H,23,24)/t16-,17+,18-,19?,20-/m1/s1. The zero-order chi connectivity index (χ0) is 21.7. The molecule has 0 spiro atoms. The van der Waals surface area contributed by atoms with E-state index < -0.39 is 37.6 Å². The molecule has 1 heterocycles. The first-order valence-corrected chi connectivity index (χ1v) is 11.9. The summed E-state index contributed by atoms with van der Waals surface area (Å²) in [7, 11) is -0.359. The summed E-state index contributed by atoms with van der Waals surface area (Å²) in [5, 5.41) is 21.9. The normalized spacial score (nSPS) is 31.8. The summed E-state index contributed by atoms with van der Waals surface area (Å²) in [6, 6.07) is 6.78. The van der Waals surface area contributed by atoms with Crippen LogP contribution in [-0.2, 0) is 14.0 Å². The Bertz CT molecular complexity index is 682. The first kappa shape index (κ1) is 24.1. The van der Waals surface area contributed by atoms with Gasteiger partial charge in [-0.15, -0.1) is 0 Å². The maximum Gasteiger partial charge on any atom is 0.229 e. The van der Waals surface area contributed by atoms with E-state index in [1.165, 1.54) is 7.11 Å². The molecular formula is C20H33O8P. The quantitative estimate of drug-likeness (QED) is 0.483. The average molecular weight is 432 g/mol. The molecule has 2 rings (SSSR count). The molecule has 1 aromatic rings. The van der Waals surface area contributed by atoms with Crippen molar-refractivity contribution in [1.29, 1.82) is 0 Å². The molecule has 0 aromatic heterocycles. The number of rotatable bonds is 10. The third-order valence-electron chi connectivity index (χ3n) is 5.38. The molecule has 0 bridgehead atoms. The number of hydrogen-bond acceptors (Lipinski definition) is 7. The molecule has 1 aromatic carbocycles. The Labute approximate surface area is 172 Å². The molecule has 1 aliphatic heterocycles. The molecule has 8 nitrogen and oxygen atoms in total. The van der Waals surface area contributed by atoms with Gasteiger partial charge in [-0.2, -0.15) is 0 Å². The van der Waals surface area contributed by atoms with Gasteiger partial charge in [-0.25, -0.2) is 0 Å². The molecule has 0 amide bonds. The van der Waals surface area contributed by atoms with E-state index in [4.69, 9.17) is 18.9 Å². The predicted molar refractivity (Wildman–Crippen MR) is 109 cm³/mol. The number of ether oxygens (including phenoxy) is 4. The van der Waals surface area contributed by atoms with Gasteiger partial charge in [0.1, 0.15) is 29.3 Å². The summed E-state index contributed by atoms with van der Waals surface area (Å²) in [6.45, 7) is 3.60. The van der Waals surface area contributed by atoms with E-state index in [2.05, 4.69) is 0 Å². The highest BCUT2D eigenvalue weighted by Crippen LogP contribution is 2.45. The highest BCUT2D eigenvalue weighted by Gasteiger charge is 2.55. The Kier molecular flexibility index (Phi) is 8.52. The Balaban J connectivity index is 2.21. The summed E-state index contributed by atoms with van der Waals surface area (Å²) in [5.74, 6) is 1.11. The van der Waals surface area contributed by atoms with Crippen LogP contribution in [0.4, 0.5) is 0 Å². The fourth-order valence-electron chi connectivity index (χ4n) is 3.74. The number of aliphatic hydroxyl groups is 2. The van der Waals surface area contributed by atoms with E-state index >= 15 is 0 Å². The minimum atomic E-state index is -3.31. The Morgan fingerprint density at radius 1 is 1.14 bits per heavy atom. The molecule has 29 heavy (non-hydrogen) atoms. The van der Waals surface area contributed by atoms with Gasteiger partial charge < -0.3 is 34.1 Å². The third kappa shape index (κ3) is 5.72. The molecule has 3 N–H and O–H groups in total. The molecule has 1 fully saturated rings. The van der Waals surface area contributed by atoms with Crippen molar-refractivity contribution in [3.63, 3.8) is 0 Å². The fraction of sp³-hybridized carbons (Fsp3) is 0.700. The first-order chi connectivity index (χ1) is 13.7. The van der Waals surface area contributed by atoms with Crippen molar-refractivity contribution in [2.75, 3.05) is 26.5 Å². The van der Waals surface area contributed by atoms with Crippen LogP contribution in [-0.4, -0.2) is 71.9 Å². The van der Waals surface area contributed by atoms with Crippen LogP contribution in [0.15, 0.2) is 24.3 Å². The Hall–Kier alpha value is -1.15. The first-order valence-electron chi connectivity index (χ1n) is 9.91. The van der Waals surface area contributed by atoms with Crippen LogP contribution in [0.25, 0.3) is 0 Å². The second-order valence-corrected chi connectivity index (χ2v) is 9.95. The van der Waals surface area contributed by atoms with E-state index in [-0.39, 0.29) is 25.2 Å². The molecule has 0 aliphatic carbocycles. The molecule has 166 valence electrons. The lowest BCUT2D eigenvalue weighted by Gasteiger charge is -2.49. The van der Waals surface area contributed by atoms with Crippen molar-refractivity contribution in [3.8, 4) is 11.5 Å². The summed E-state index contributed by atoms with van der Waals surface area (Å²) in [6.07, 6.45) is -2.95. The van der Waals surface area contributed by atoms with Gasteiger partial charge in [0.05, 0.1) is 13.2 Å². The summed E-state index contributed by atoms with van der Waals surface area (Å²) in [5.41, 5.74) is -1.51. The van der Waals surface area contributed by atoms with Gasteiger partial charge >= 0.3 is 0 Å². The lowest BCUT2D eigenvalue weighted by molar-refractivity contribution is -0.313. The van der Waals surface area contributed by atoms with Gasteiger partial charge in [0.2, 0.25) is 13.7 Å². The van der Waals surface area contributed by atoms with Crippen LogP contribution in [0.1, 0.15) is 33.1 Å². The molecule has 1 aliphatic rings. The predicted octanol–water partition coefficient (Wildman–Crippen LogP) is 2.39. The van der Waals surface area contributed by atoms with E-state index in [9.17, 15) is 19.7 Å². The number of methoxy groups -OCH3 is 2. The van der Waals surface area contributed by atoms with Gasteiger partial charge in [-0.05, 0) is 43.5 Å². The van der Waals surface area contributed by atoms with Gasteiger partial charge in [-0.3, -0.25) is 4.57 Å². The highest BCUT2D eigenvalue weighted by atomic mass is 31.2. The van der Waals surface area contributed by atoms with Crippen LogP contribution < -0.4 is 9.47 Å². The van der Waals surface area contributed by atoms with Crippen molar-refractivity contribution in [2.24, 2.45) is 0 Å². The van der Waals surface area contributed by atoms with Crippen molar-refractivity contribution in [1.82, 2.24) is 0 Å². The van der Waals surface area contributed by atoms with E-state index in [0.29, 0.717) is 17.9 Å².